The van der Waals surface area contributed by atoms with E-state index < -0.39 is 12.1 Å². The summed E-state index contributed by atoms with van der Waals surface area (Å²) >= 11 is 0. The third kappa shape index (κ3) is 3.75. The molecule has 1 aromatic heterocycles. The molecule has 0 saturated heterocycles. The zero-order chi connectivity index (χ0) is 16.1. The Kier molecular flexibility index (Phi) is 4.99. The number of esters is 1. The minimum absolute atomic E-state index is 0.326. The molecule has 1 atom stereocenters. The Bertz CT molecular complexity index is 658. The van der Waals surface area contributed by atoms with Crippen LogP contribution in [0.2, 0.25) is 0 Å². The molecule has 5 heteroatoms. The van der Waals surface area contributed by atoms with Crippen molar-refractivity contribution in [2.75, 3.05) is 5.32 Å². The van der Waals surface area contributed by atoms with Crippen LogP contribution >= 0.6 is 0 Å². The Morgan fingerprint density at radius 3 is 2.45 bits per heavy atom. The van der Waals surface area contributed by atoms with Crippen LogP contribution in [-0.4, -0.2) is 18.0 Å². The Labute approximate surface area is 129 Å². The smallest absolute Gasteiger partial charge is 0.342 e. The van der Waals surface area contributed by atoms with Gasteiger partial charge >= 0.3 is 5.97 Å². The topological polar surface area (TPSA) is 68.5 Å². The number of anilines is 1. The first-order chi connectivity index (χ1) is 10.5. The van der Waals surface area contributed by atoms with Crippen molar-refractivity contribution in [1.29, 1.82) is 0 Å². The molecule has 0 unspecified atom stereocenters. The summed E-state index contributed by atoms with van der Waals surface area (Å²) < 4.78 is 10.2. The molecule has 5 nitrogen and oxygen atoms in total. The van der Waals surface area contributed by atoms with Crippen molar-refractivity contribution in [3.8, 4) is 0 Å². The van der Waals surface area contributed by atoms with Crippen LogP contribution in [0, 0.1) is 6.92 Å². The zero-order valence-corrected chi connectivity index (χ0v) is 12.9. The predicted octanol–water partition coefficient (Wildman–Crippen LogP) is 3.33. The van der Waals surface area contributed by atoms with Gasteiger partial charge in [-0.1, -0.05) is 19.1 Å². The minimum Gasteiger partial charge on any atom is -0.469 e. The number of amides is 1. The number of aryl methyl sites for hydroxylation is 2. The van der Waals surface area contributed by atoms with Gasteiger partial charge in [0.25, 0.3) is 5.91 Å². The van der Waals surface area contributed by atoms with Crippen molar-refractivity contribution in [2.24, 2.45) is 0 Å². The molecule has 1 N–H and O–H groups in total. The number of rotatable bonds is 5. The van der Waals surface area contributed by atoms with Gasteiger partial charge in [-0.25, -0.2) is 4.79 Å². The van der Waals surface area contributed by atoms with E-state index in [2.05, 4.69) is 12.2 Å². The van der Waals surface area contributed by atoms with E-state index in [1.165, 1.54) is 24.8 Å². The van der Waals surface area contributed by atoms with Crippen molar-refractivity contribution in [3.05, 3.63) is 53.5 Å². The maximum Gasteiger partial charge on any atom is 0.342 e. The summed E-state index contributed by atoms with van der Waals surface area (Å²) in [5.74, 6) is -0.485. The van der Waals surface area contributed by atoms with Gasteiger partial charge in [-0.15, -0.1) is 0 Å². The van der Waals surface area contributed by atoms with Crippen LogP contribution < -0.4 is 5.32 Å². The lowest BCUT2D eigenvalue weighted by Crippen LogP contribution is -2.30. The van der Waals surface area contributed by atoms with E-state index >= 15 is 0 Å². The Hall–Kier alpha value is -2.56. The van der Waals surface area contributed by atoms with E-state index in [0.717, 1.165) is 6.42 Å². The number of carbonyl (C=O) groups is 2. The van der Waals surface area contributed by atoms with Gasteiger partial charge in [-0.3, -0.25) is 4.79 Å². The molecule has 116 valence electrons. The highest BCUT2D eigenvalue weighted by molar-refractivity contribution is 5.97. The van der Waals surface area contributed by atoms with Crippen LogP contribution in [-0.2, 0) is 16.0 Å². The molecule has 0 bridgehead atoms. The Balaban J connectivity index is 1.94. The molecule has 0 aliphatic rings. The lowest BCUT2D eigenvalue weighted by atomic mass is 10.1. The van der Waals surface area contributed by atoms with Crippen LogP contribution in [0.15, 0.2) is 41.0 Å². The number of nitrogens with one attached hydrogen (secondary N) is 1. The van der Waals surface area contributed by atoms with Gasteiger partial charge in [0.15, 0.2) is 6.10 Å². The molecule has 2 rings (SSSR count). The fourth-order valence-electron chi connectivity index (χ4n) is 1.94. The van der Waals surface area contributed by atoms with E-state index in [4.69, 9.17) is 9.15 Å². The van der Waals surface area contributed by atoms with Crippen LogP contribution in [0.4, 0.5) is 5.69 Å². The van der Waals surface area contributed by atoms with E-state index in [0.29, 0.717) is 17.0 Å². The summed E-state index contributed by atoms with van der Waals surface area (Å²) in [4.78, 5) is 24.0. The Morgan fingerprint density at radius 2 is 1.91 bits per heavy atom. The van der Waals surface area contributed by atoms with Crippen LogP contribution in [0.1, 0.15) is 35.5 Å². The van der Waals surface area contributed by atoms with Crippen molar-refractivity contribution in [1.82, 2.24) is 0 Å². The summed E-state index contributed by atoms with van der Waals surface area (Å²) in [6.07, 6.45) is 1.45. The molecule has 22 heavy (non-hydrogen) atoms. The average Bonchev–Trinajstić information content (AvgIpc) is 2.94. The number of furan rings is 1. The standard InChI is InChI=1S/C17H19NO4/c1-4-13-5-7-14(8-6-13)18-16(19)12(3)22-17(20)15-9-10-21-11(15)2/h5-10,12H,4H2,1-3H3,(H,18,19)/t12-/m0/s1. The van der Waals surface area contributed by atoms with Crippen LogP contribution in [0.25, 0.3) is 0 Å². The van der Waals surface area contributed by atoms with Crippen molar-refractivity contribution < 1.29 is 18.7 Å². The lowest BCUT2D eigenvalue weighted by Gasteiger charge is -2.13. The quantitative estimate of drug-likeness (QED) is 0.860. The minimum atomic E-state index is -0.896. The van der Waals surface area contributed by atoms with Gasteiger partial charge in [0.05, 0.1) is 6.26 Å². The highest BCUT2D eigenvalue weighted by Gasteiger charge is 2.21. The molecule has 2 aromatic rings. The molecule has 0 aliphatic carbocycles. The summed E-state index contributed by atoms with van der Waals surface area (Å²) in [7, 11) is 0. The number of benzene rings is 1. The monoisotopic (exact) mass is 301 g/mol. The highest BCUT2D eigenvalue weighted by atomic mass is 16.5. The van der Waals surface area contributed by atoms with Gasteiger partial charge in [0.2, 0.25) is 0 Å². The second kappa shape index (κ2) is 6.93. The molecule has 1 amide bonds. The van der Waals surface area contributed by atoms with E-state index in [-0.39, 0.29) is 5.91 Å². The number of carbonyl (C=O) groups excluding carboxylic acids is 2. The summed E-state index contributed by atoms with van der Waals surface area (Å²) in [5.41, 5.74) is 2.18. The maximum atomic E-state index is 12.0. The number of ether oxygens (including phenoxy) is 1. The third-order valence-corrected chi connectivity index (χ3v) is 3.36. The molecular weight excluding hydrogens is 282 g/mol. The predicted molar refractivity (Wildman–Crippen MR) is 82.8 cm³/mol. The number of hydrogen-bond acceptors (Lipinski definition) is 4. The molecular formula is C17H19NO4. The van der Waals surface area contributed by atoms with Crippen LogP contribution in [0.5, 0.6) is 0 Å². The first-order valence-electron chi connectivity index (χ1n) is 7.16. The molecule has 0 fully saturated rings. The molecule has 0 saturated carbocycles. The van der Waals surface area contributed by atoms with Crippen molar-refractivity contribution in [3.63, 3.8) is 0 Å². The van der Waals surface area contributed by atoms with Crippen molar-refractivity contribution in [2.45, 2.75) is 33.3 Å². The third-order valence-electron chi connectivity index (χ3n) is 3.36. The fraction of sp³-hybridized carbons (Fsp3) is 0.294. The maximum absolute atomic E-state index is 12.0. The summed E-state index contributed by atoms with van der Waals surface area (Å²) in [5, 5.41) is 2.72. The van der Waals surface area contributed by atoms with E-state index in [1.54, 1.807) is 6.92 Å². The van der Waals surface area contributed by atoms with Crippen LogP contribution in [0.3, 0.4) is 0 Å². The van der Waals surface area contributed by atoms with E-state index in [1.807, 2.05) is 24.3 Å². The first kappa shape index (κ1) is 15.8. The summed E-state index contributed by atoms with van der Waals surface area (Å²) in [6.45, 7) is 5.26. The molecule has 0 aliphatic heterocycles. The average molecular weight is 301 g/mol. The van der Waals surface area contributed by atoms with Gasteiger partial charge in [-0.05, 0) is 44.0 Å². The number of hydrogen-bond donors (Lipinski definition) is 1. The SMILES string of the molecule is CCc1ccc(NC(=O)[C@H](C)OC(=O)c2ccoc2C)cc1. The lowest BCUT2D eigenvalue weighted by molar-refractivity contribution is -0.123. The molecule has 1 aromatic carbocycles. The van der Waals surface area contributed by atoms with E-state index in [9.17, 15) is 9.59 Å². The largest absolute Gasteiger partial charge is 0.469 e. The first-order valence-corrected chi connectivity index (χ1v) is 7.16. The van der Waals surface area contributed by atoms with Gasteiger partial charge in [0.1, 0.15) is 11.3 Å². The highest BCUT2D eigenvalue weighted by Crippen LogP contribution is 2.13. The molecule has 0 radical (unpaired) electrons. The van der Waals surface area contributed by atoms with Gasteiger partial charge in [0, 0.05) is 5.69 Å². The van der Waals surface area contributed by atoms with Crippen molar-refractivity contribution >= 4 is 17.6 Å². The normalized spacial score (nSPS) is 11.8. The second-order valence-electron chi connectivity index (χ2n) is 4.98. The summed E-state index contributed by atoms with van der Waals surface area (Å²) in [6, 6.07) is 9.06. The Morgan fingerprint density at radius 1 is 1.23 bits per heavy atom. The second-order valence-corrected chi connectivity index (χ2v) is 4.98. The zero-order valence-electron chi connectivity index (χ0n) is 12.9. The van der Waals surface area contributed by atoms with Gasteiger partial charge in [-0.2, -0.15) is 0 Å². The fourth-order valence-corrected chi connectivity index (χ4v) is 1.94. The van der Waals surface area contributed by atoms with Gasteiger partial charge < -0.3 is 14.5 Å². The molecule has 0 spiro atoms. The molecule has 1 heterocycles.